The summed E-state index contributed by atoms with van der Waals surface area (Å²) in [6, 6.07) is 5.60. The molecule has 0 heterocycles. The summed E-state index contributed by atoms with van der Waals surface area (Å²) >= 11 is 0. The molecule has 25 heavy (non-hydrogen) atoms. The van der Waals surface area contributed by atoms with E-state index in [0.29, 0.717) is 30.4 Å². The molecule has 140 valence electrons. The van der Waals surface area contributed by atoms with E-state index in [9.17, 15) is 9.59 Å². The molecule has 0 aliphatic heterocycles. The van der Waals surface area contributed by atoms with Crippen LogP contribution in [0.15, 0.2) is 18.2 Å². The fourth-order valence-corrected chi connectivity index (χ4v) is 2.27. The summed E-state index contributed by atoms with van der Waals surface area (Å²) in [7, 11) is 2.11. The zero-order chi connectivity index (χ0) is 18.8. The summed E-state index contributed by atoms with van der Waals surface area (Å²) in [6.45, 7) is 10.3. The number of carbonyl (C=O) groups excluding carboxylic acids is 2. The van der Waals surface area contributed by atoms with Crippen LogP contribution in [-0.4, -0.2) is 49.6 Å². The first-order chi connectivity index (χ1) is 11.8. The highest BCUT2D eigenvalue weighted by molar-refractivity contribution is 5.97. The van der Waals surface area contributed by atoms with E-state index in [-0.39, 0.29) is 11.9 Å². The van der Waals surface area contributed by atoms with E-state index in [1.54, 1.807) is 12.1 Å². The van der Waals surface area contributed by atoms with Gasteiger partial charge in [0, 0.05) is 30.4 Å². The Morgan fingerprint density at radius 2 is 1.88 bits per heavy atom. The van der Waals surface area contributed by atoms with Gasteiger partial charge in [-0.25, -0.2) is 4.79 Å². The minimum atomic E-state index is -0.242. The monoisotopic (exact) mass is 348 g/mol. The van der Waals surface area contributed by atoms with Crippen molar-refractivity contribution in [1.82, 2.24) is 15.5 Å². The minimum absolute atomic E-state index is 0.139. The van der Waals surface area contributed by atoms with E-state index in [1.165, 1.54) is 0 Å². The van der Waals surface area contributed by atoms with Crippen molar-refractivity contribution in [2.75, 3.05) is 32.0 Å². The maximum absolute atomic E-state index is 12.0. The molecule has 0 saturated heterocycles. The molecular formula is C19H32N4O2. The van der Waals surface area contributed by atoms with Gasteiger partial charge in [0.1, 0.15) is 0 Å². The first-order valence-electron chi connectivity index (χ1n) is 8.99. The Kier molecular flexibility index (Phi) is 8.99. The van der Waals surface area contributed by atoms with Crippen molar-refractivity contribution in [3.8, 4) is 0 Å². The second-order valence-electron chi connectivity index (χ2n) is 6.55. The normalized spacial score (nSPS) is 10.8. The van der Waals surface area contributed by atoms with Crippen LogP contribution in [0.3, 0.4) is 0 Å². The molecule has 0 radical (unpaired) electrons. The van der Waals surface area contributed by atoms with E-state index >= 15 is 0 Å². The third-order valence-corrected chi connectivity index (χ3v) is 4.19. The highest BCUT2D eigenvalue weighted by Crippen LogP contribution is 2.16. The molecule has 0 atom stereocenters. The number of rotatable bonds is 9. The Hall–Kier alpha value is -2.08. The molecule has 0 saturated carbocycles. The number of hydrogen-bond donors (Lipinski definition) is 3. The van der Waals surface area contributed by atoms with Crippen LogP contribution in [0.5, 0.6) is 0 Å². The summed E-state index contributed by atoms with van der Waals surface area (Å²) in [6.07, 6.45) is 1.98. The zero-order valence-corrected chi connectivity index (χ0v) is 16.1. The molecule has 0 unspecified atom stereocenters. The summed E-state index contributed by atoms with van der Waals surface area (Å²) in [5.41, 5.74) is 2.11. The van der Waals surface area contributed by atoms with Gasteiger partial charge in [-0.1, -0.05) is 6.07 Å². The van der Waals surface area contributed by atoms with E-state index in [0.717, 1.165) is 24.9 Å². The first-order valence-corrected chi connectivity index (χ1v) is 8.99. The van der Waals surface area contributed by atoms with Gasteiger partial charge in [0.15, 0.2) is 0 Å². The Labute approximate surface area is 151 Å². The maximum Gasteiger partial charge on any atom is 0.319 e. The summed E-state index contributed by atoms with van der Waals surface area (Å²) < 4.78 is 0. The van der Waals surface area contributed by atoms with Gasteiger partial charge in [0.05, 0.1) is 0 Å². The molecule has 0 fully saturated rings. The molecule has 1 aromatic carbocycles. The van der Waals surface area contributed by atoms with Gasteiger partial charge in [-0.05, 0) is 71.8 Å². The van der Waals surface area contributed by atoms with Crippen LogP contribution in [-0.2, 0) is 0 Å². The molecule has 3 amide bonds. The standard InChI is InChI=1S/C19H32N4O2/c1-6-20-18(24)16-10-9-15(4)17(13-16)22-19(25)21-11-7-8-12-23(5)14(2)3/h9-10,13-14H,6-8,11-12H2,1-5H3,(H,20,24)(H2,21,22,25). The molecule has 0 aliphatic rings. The Morgan fingerprint density at radius 1 is 1.16 bits per heavy atom. The van der Waals surface area contributed by atoms with Crippen LogP contribution in [0.25, 0.3) is 0 Å². The SMILES string of the molecule is CCNC(=O)c1ccc(C)c(NC(=O)NCCCCN(C)C(C)C)c1. The number of carbonyl (C=O) groups is 2. The predicted molar refractivity (Wildman–Crippen MR) is 103 cm³/mol. The third kappa shape index (κ3) is 7.56. The Bertz CT molecular complexity index is 573. The highest BCUT2D eigenvalue weighted by Gasteiger charge is 2.09. The van der Waals surface area contributed by atoms with Crippen LogP contribution >= 0.6 is 0 Å². The number of amides is 3. The summed E-state index contributed by atoms with van der Waals surface area (Å²) in [5, 5.41) is 8.45. The number of urea groups is 1. The van der Waals surface area contributed by atoms with Crippen LogP contribution < -0.4 is 16.0 Å². The van der Waals surface area contributed by atoms with Gasteiger partial charge in [-0.3, -0.25) is 4.79 Å². The topological polar surface area (TPSA) is 73.5 Å². The second kappa shape index (κ2) is 10.7. The number of anilines is 1. The second-order valence-corrected chi connectivity index (χ2v) is 6.55. The Balaban J connectivity index is 2.43. The maximum atomic E-state index is 12.0. The molecule has 0 spiro atoms. The fraction of sp³-hybridized carbons (Fsp3) is 0.579. The van der Waals surface area contributed by atoms with Gasteiger partial charge in [0.2, 0.25) is 0 Å². The smallest absolute Gasteiger partial charge is 0.319 e. The lowest BCUT2D eigenvalue weighted by atomic mass is 10.1. The van der Waals surface area contributed by atoms with Crippen molar-refractivity contribution >= 4 is 17.6 Å². The van der Waals surface area contributed by atoms with E-state index in [4.69, 9.17) is 0 Å². The fourth-order valence-electron chi connectivity index (χ4n) is 2.27. The predicted octanol–water partition coefficient (Wildman–Crippen LogP) is 2.99. The van der Waals surface area contributed by atoms with Gasteiger partial charge < -0.3 is 20.9 Å². The minimum Gasteiger partial charge on any atom is -0.352 e. The average molecular weight is 348 g/mol. The molecule has 3 N–H and O–H groups in total. The van der Waals surface area contributed by atoms with Gasteiger partial charge in [-0.2, -0.15) is 0 Å². The lowest BCUT2D eigenvalue weighted by Gasteiger charge is -2.20. The molecule has 6 heteroatoms. The molecule has 1 rings (SSSR count). The average Bonchev–Trinajstić information content (AvgIpc) is 2.56. The number of nitrogens with zero attached hydrogens (tertiary/aromatic N) is 1. The zero-order valence-electron chi connectivity index (χ0n) is 16.1. The molecule has 0 aliphatic carbocycles. The van der Waals surface area contributed by atoms with Crippen molar-refractivity contribution in [2.45, 2.75) is 46.6 Å². The molecular weight excluding hydrogens is 316 g/mol. The quantitative estimate of drug-likeness (QED) is 0.601. The van der Waals surface area contributed by atoms with Crippen molar-refractivity contribution in [1.29, 1.82) is 0 Å². The largest absolute Gasteiger partial charge is 0.352 e. The van der Waals surface area contributed by atoms with Crippen molar-refractivity contribution in [3.05, 3.63) is 29.3 Å². The number of aryl methyl sites for hydroxylation is 1. The van der Waals surface area contributed by atoms with E-state index in [2.05, 4.69) is 41.7 Å². The highest BCUT2D eigenvalue weighted by atomic mass is 16.2. The van der Waals surface area contributed by atoms with Crippen molar-refractivity contribution in [3.63, 3.8) is 0 Å². The van der Waals surface area contributed by atoms with Crippen LogP contribution in [0, 0.1) is 6.92 Å². The van der Waals surface area contributed by atoms with Crippen molar-refractivity contribution in [2.24, 2.45) is 0 Å². The van der Waals surface area contributed by atoms with E-state index < -0.39 is 0 Å². The van der Waals surface area contributed by atoms with Crippen LogP contribution in [0.4, 0.5) is 10.5 Å². The number of hydrogen-bond acceptors (Lipinski definition) is 3. The summed E-state index contributed by atoms with van der Waals surface area (Å²) in [4.78, 5) is 26.2. The van der Waals surface area contributed by atoms with Gasteiger partial charge in [-0.15, -0.1) is 0 Å². The van der Waals surface area contributed by atoms with Gasteiger partial charge >= 0.3 is 6.03 Å². The lowest BCUT2D eigenvalue weighted by Crippen LogP contribution is -2.31. The first kappa shape index (κ1) is 21.0. The number of unbranched alkanes of at least 4 members (excludes halogenated alkanes) is 1. The summed E-state index contributed by atoms with van der Waals surface area (Å²) in [5.74, 6) is -0.139. The van der Waals surface area contributed by atoms with Gasteiger partial charge in [0.25, 0.3) is 5.91 Å². The third-order valence-electron chi connectivity index (χ3n) is 4.19. The number of nitrogens with one attached hydrogen (secondary N) is 3. The molecule has 0 aromatic heterocycles. The molecule has 0 bridgehead atoms. The molecule has 6 nitrogen and oxygen atoms in total. The number of benzene rings is 1. The van der Waals surface area contributed by atoms with Crippen molar-refractivity contribution < 1.29 is 9.59 Å². The van der Waals surface area contributed by atoms with E-state index in [1.807, 2.05) is 19.9 Å². The lowest BCUT2D eigenvalue weighted by molar-refractivity contribution is 0.0956. The van der Waals surface area contributed by atoms with Crippen LogP contribution in [0.1, 0.15) is 49.5 Å². The molecule has 1 aromatic rings. The van der Waals surface area contributed by atoms with Crippen LogP contribution in [0.2, 0.25) is 0 Å². The Morgan fingerprint density at radius 3 is 2.52 bits per heavy atom.